The van der Waals surface area contributed by atoms with E-state index in [2.05, 4.69) is 5.32 Å². The Labute approximate surface area is 214 Å². The molecule has 188 valence electrons. The van der Waals surface area contributed by atoms with E-state index in [1.54, 1.807) is 47.0 Å². The standard InChI is InChI=1S/C26H29N5O4S/c1-29(2)10-11-30(3)25(33)20-14-17(15-31(20)4)27-23(21-7-6-12-36-21)22-18-9-8-16(26(34)35-5)13-19(18)28-24(22)32/h6-9,12-15,22H,10-11H2,1-5H3,(H,28,32). The van der Waals surface area contributed by atoms with Crippen molar-refractivity contribution in [2.75, 3.05) is 46.7 Å². The molecular formula is C26H29N5O4S. The number of fused-ring (bicyclic) bond motifs is 1. The molecule has 4 rings (SSSR count). The molecule has 1 unspecified atom stereocenters. The first-order chi connectivity index (χ1) is 17.2. The van der Waals surface area contributed by atoms with Gasteiger partial charge >= 0.3 is 5.97 Å². The molecule has 2 aromatic heterocycles. The second-order valence-electron chi connectivity index (χ2n) is 8.91. The first kappa shape index (κ1) is 25.3. The van der Waals surface area contributed by atoms with E-state index in [0.29, 0.717) is 34.9 Å². The zero-order valence-corrected chi connectivity index (χ0v) is 21.8. The lowest BCUT2D eigenvalue weighted by Gasteiger charge is -2.19. The number of methoxy groups -OCH3 is 1. The zero-order valence-electron chi connectivity index (χ0n) is 20.9. The fraction of sp³-hybridized carbons (Fsp3) is 0.308. The Morgan fingerprint density at radius 1 is 1.17 bits per heavy atom. The van der Waals surface area contributed by atoms with Gasteiger partial charge in [0, 0.05) is 43.9 Å². The lowest BCUT2D eigenvalue weighted by Crippen LogP contribution is -2.34. The van der Waals surface area contributed by atoms with E-state index in [4.69, 9.17) is 9.73 Å². The Morgan fingerprint density at radius 2 is 1.94 bits per heavy atom. The summed E-state index contributed by atoms with van der Waals surface area (Å²) in [5.74, 6) is -1.46. The summed E-state index contributed by atoms with van der Waals surface area (Å²) in [4.78, 5) is 47.5. The number of thiophene rings is 1. The summed E-state index contributed by atoms with van der Waals surface area (Å²) in [6.07, 6.45) is 1.79. The Hall–Kier alpha value is -3.76. The fourth-order valence-electron chi connectivity index (χ4n) is 4.07. The largest absolute Gasteiger partial charge is 0.465 e. The van der Waals surface area contributed by atoms with Gasteiger partial charge in [-0.15, -0.1) is 11.3 Å². The number of aromatic nitrogens is 1. The van der Waals surface area contributed by atoms with E-state index >= 15 is 0 Å². The zero-order chi connectivity index (χ0) is 26.0. The van der Waals surface area contributed by atoms with Crippen LogP contribution < -0.4 is 5.32 Å². The van der Waals surface area contributed by atoms with Crippen molar-refractivity contribution in [2.24, 2.45) is 12.0 Å². The second-order valence-corrected chi connectivity index (χ2v) is 9.86. The SMILES string of the molecule is COC(=O)c1ccc2c(c1)NC(=O)C2C(=Nc1cc(C(=O)N(C)CCN(C)C)n(C)c1)c1cccs1. The fourth-order valence-corrected chi connectivity index (χ4v) is 4.82. The van der Waals surface area contributed by atoms with Crippen LogP contribution in [0.5, 0.6) is 0 Å². The van der Waals surface area contributed by atoms with E-state index in [0.717, 1.165) is 17.0 Å². The number of carbonyl (C=O) groups excluding carboxylic acids is 3. The van der Waals surface area contributed by atoms with Gasteiger partial charge in [-0.2, -0.15) is 0 Å². The number of nitrogens with zero attached hydrogens (tertiary/aromatic N) is 4. The van der Waals surface area contributed by atoms with Gasteiger partial charge < -0.3 is 24.4 Å². The molecule has 0 spiro atoms. The van der Waals surface area contributed by atoms with Crippen molar-refractivity contribution in [1.82, 2.24) is 14.4 Å². The summed E-state index contributed by atoms with van der Waals surface area (Å²) in [5, 5.41) is 4.80. The van der Waals surface area contributed by atoms with E-state index < -0.39 is 11.9 Å². The van der Waals surface area contributed by atoms with Crippen molar-refractivity contribution in [3.8, 4) is 0 Å². The van der Waals surface area contributed by atoms with Gasteiger partial charge in [-0.1, -0.05) is 12.1 Å². The molecule has 10 heteroatoms. The maximum absolute atomic E-state index is 13.1. The molecule has 0 bridgehead atoms. The number of amides is 2. The lowest BCUT2D eigenvalue weighted by atomic mass is 9.93. The summed E-state index contributed by atoms with van der Waals surface area (Å²) in [6.45, 7) is 1.36. The molecule has 0 radical (unpaired) electrons. The molecule has 3 heterocycles. The minimum Gasteiger partial charge on any atom is -0.465 e. The monoisotopic (exact) mass is 507 g/mol. The number of anilines is 1. The van der Waals surface area contributed by atoms with Gasteiger partial charge in [-0.3, -0.25) is 9.59 Å². The van der Waals surface area contributed by atoms with Gasteiger partial charge in [0.05, 0.1) is 24.1 Å². The van der Waals surface area contributed by atoms with Crippen LogP contribution in [0.4, 0.5) is 11.4 Å². The highest BCUT2D eigenvalue weighted by Gasteiger charge is 2.36. The molecule has 3 aromatic rings. The van der Waals surface area contributed by atoms with Crippen LogP contribution in [0.25, 0.3) is 0 Å². The van der Waals surface area contributed by atoms with E-state index in [9.17, 15) is 14.4 Å². The molecule has 0 saturated carbocycles. The smallest absolute Gasteiger partial charge is 0.337 e. The maximum atomic E-state index is 13.1. The third-order valence-corrected chi connectivity index (χ3v) is 6.93. The van der Waals surface area contributed by atoms with Crippen LogP contribution in [-0.4, -0.2) is 79.2 Å². The highest BCUT2D eigenvalue weighted by Crippen LogP contribution is 2.38. The number of carbonyl (C=O) groups is 3. The average molecular weight is 508 g/mol. The number of ether oxygens (including phenoxy) is 1. The molecule has 1 atom stereocenters. The van der Waals surface area contributed by atoms with E-state index in [1.807, 2.05) is 43.6 Å². The molecule has 9 nitrogen and oxygen atoms in total. The quantitative estimate of drug-likeness (QED) is 0.373. The van der Waals surface area contributed by atoms with Gasteiger partial charge in [0.1, 0.15) is 11.6 Å². The third kappa shape index (κ3) is 5.09. The van der Waals surface area contributed by atoms with E-state index in [-0.39, 0.29) is 11.8 Å². The molecule has 1 aliphatic rings. The normalized spacial score (nSPS) is 15.1. The highest BCUT2D eigenvalue weighted by molar-refractivity contribution is 7.12. The molecule has 0 fully saturated rings. The first-order valence-electron chi connectivity index (χ1n) is 11.4. The van der Waals surface area contributed by atoms with Crippen molar-refractivity contribution in [2.45, 2.75) is 5.92 Å². The third-order valence-electron chi connectivity index (χ3n) is 6.04. The Morgan fingerprint density at radius 3 is 2.61 bits per heavy atom. The lowest BCUT2D eigenvalue weighted by molar-refractivity contribution is -0.115. The summed E-state index contributed by atoms with van der Waals surface area (Å²) in [6, 6.07) is 10.6. The van der Waals surface area contributed by atoms with Crippen LogP contribution in [-0.2, 0) is 16.6 Å². The minimum absolute atomic E-state index is 0.0993. The van der Waals surface area contributed by atoms with Crippen LogP contribution in [0, 0.1) is 0 Å². The number of benzene rings is 1. The maximum Gasteiger partial charge on any atom is 0.337 e. The van der Waals surface area contributed by atoms with Crippen molar-refractivity contribution in [3.63, 3.8) is 0 Å². The number of nitrogens with one attached hydrogen (secondary N) is 1. The first-order valence-corrected chi connectivity index (χ1v) is 12.3. The van der Waals surface area contributed by atoms with Gasteiger partial charge in [0.2, 0.25) is 5.91 Å². The van der Waals surface area contributed by atoms with Crippen LogP contribution >= 0.6 is 11.3 Å². The molecule has 2 amide bonds. The summed E-state index contributed by atoms with van der Waals surface area (Å²) < 4.78 is 6.56. The van der Waals surface area contributed by atoms with Crippen LogP contribution in [0.15, 0.2) is 53.0 Å². The van der Waals surface area contributed by atoms with Gasteiger partial charge in [0.25, 0.3) is 5.91 Å². The van der Waals surface area contributed by atoms with E-state index in [1.165, 1.54) is 18.4 Å². The molecular weight excluding hydrogens is 478 g/mol. The number of likely N-dealkylation sites (N-methyl/N-ethyl adjacent to an activating group) is 2. The number of aryl methyl sites for hydroxylation is 1. The van der Waals surface area contributed by atoms with Crippen molar-refractivity contribution >= 4 is 46.2 Å². The van der Waals surface area contributed by atoms with Crippen molar-refractivity contribution in [3.05, 3.63) is 69.7 Å². The van der Waals surface area contributed by atoms with Crippen LogP contribution in [0.2, 0.25) is 0 Å². The van der Waals surface area contributed by atoms with Crippen LogP contribution in [0.3, 0.4) is 0 Å². The van der Waals surface area contributed by atoms with Crippen molar-refractivity contribution < 1.29 is 19.1 Å². The molecule has 1 aromatic carbocycles. The topological polar surface area (TPSA) is 96.2 Å². The Kier molecular flexibility index (Phi) is 7.37. The molecule has 1 aliphatic heterocycles. The molecule has 0 aliphatic carbocycles. The number of aliphatic imine (C=N–C) groups is 1. The van der Waals surface area contributed by atoms with Gasteiger partial charge in [-0.25, -0.2) is 9.79 Å². The highest BCUT2D eigenvalue weighted by atomic mass is 32.1. The van der Waals surface area contributed by atoms with Gasteiger partial charge in [-0.05, 0) is 49.3 Å². The summed E-state index contributed by atoms with van der Waals surface area (Å²) in [7, 11) is 8.84. The second kappa shape index (κ2) is 10.5. The number of hydrogen-bond acceptors (Lipinski definition) is 7. The molecule has 0 saturated heterocycles. The van der Waals surface area contributed by atoms with Gasteiger partial charge in [0.15, 0.2) is 0 Å². The number of rotatable bonds is 8. The predicted molar refractivity (Wildman–Crippen MR) is 141 cm³/mol. The number of hydrogen-bond donors (Lipinski definition) is 1. The average Bonchev–Trinajstić information content (AvgIpc) is 3.58. The van der Waals surface area contributed by atoms with Crippen molar-refractivity contribution in [1.29, 1.82) is 0 Å². The molecule has 1 N–H and O–H groups in total. The Balaban J connectivity index is 1.71. The predicted octanol–water partition coefficient (Wildman–Crippen LogP) is 3.36. The molecule has 36 heavy (non-hydrogen) atoms. The Bertz CT molecular complexity index is 1330. The minimum atomic E-state index is -0.660. The summed E-state index contributed by atoms with van der Waals surface area (Å²) in [5.41, 5.74) is 3.32. The summed E-state index contributed by atoms with van der Waals surface area (Å²) >= 11 is 1.49. The van der Waals surface area contributed by atoms with Crippen LogP contribution in [0.1, 0.15) is 37.2 Å². The number of esters is 1.